The van der Waals surface area contributed by atoms with E-state index < -0.39 is 6.09 Å². The molecule has 5 nitrogen and oxygen atoms in total. The number of rotatable bonds is 5. The molecule has 0 aliphatic heterocycles. The van der Waals surface area contributed by atoms with Crippen LogP contribution in [-0.2, 0) is 11.3 Å². The van der Waals surface area contributed by atoms with Gasteiger partial charge in [-0.05, 0) is 18.1 Å². The van der Waals surface area contributed by atoms with Crippen molar-refractivity contribution in [2.24, 2.45) is 5.73 Å². The normalized spacial score (nSPS) is 11.0. The van der Waals surface area contributed by atoms with Crippen molar-refractivity contribution >= 4 is 52.7 Å². The lowest BCUT2D eigenvalue weighted by Gasteiger charge is -2.08. The highest BCUT2D eigenvalue weighted by molar-refractivity contribution is 7.99. The number of benzene rings is 1. The minimum absolute atomic E-state index is 0.0231. The van der Waals surface area contributed by atoms with Gasteiger partial charge in [-0.3, -0.25) is 0 Å². The number of ether oxygens (including phenoxy) is 1. The number of hydrogen-bond donors (Lipinski definition) is 2. The molecule has 2 aromatic rings. The van der Waals surface area contributed by atoms with Crippen LogP contribution < -0.4 is 5.73 Å². The first kappa shape index (κ1) is 18.3. The van der Waals surface area contributed by atoms with Gasteiger partial charge >= 0.3 is 6.09 Å². The molecule has 1 aromatic heterocycles. The fourth-order valence-electron chi connectivity index (χ4n) is 1.79. The van der Waals surface area contributed by atoms with Gasteiger partial charge in [-0.25, -0.2) is 9.78 Å². The Morgan fingerprint density at radius 2 is 2.04 bits per heavy atom. The van der Waals surface area contributed by atoms with Crippen molar-refractivity contribution in [2.75, 3.05) is 0 Å². The molecule has 124 valence electrons. The van der Waals surface area contributed by atoms with Crippen LogP contribution in [0.4, 0.5) is 4.79 Å². The molecule has 1 amide bonds. The molecule has 0 radical (unpaired) electrons. The molecule has 1 aromatic carbocycles. The van der Waals surface area contributed by atoms with Crippen molar-refractivity contribution in [3.8, 4) is 0 Å². The molecular weight excluding hydrogens is 381 g/mol. The van der Waals surface area contributed by atoms with E-state index in [1.807, 2.05) is 13.8 Å². The summed E-state index contributed by atoms with van der Waals surface area (Å²) in [6.45, 7) is 4.00. The number of primary amides is 1. The van der Waals surface area contributed by atoms with Gasteiger partial charge in [-0.2, -0.15) is 0 Å². The van der Waals surface area contributed by atoms with E-state index in [0.29, 0.717) is 20.9 Å². The van der Waals surface area contributed by atoms with E-state index >= 15 is 0 Å². The molecule has 23 heavy (non-hydrogen) atoms. The first-order valence-electron chi connectivity index (χ1n) is 6.62. The van der Waals surface area contributed by atoms with E-state index in [1.165, 1.54) is 11.8 Å². The van der Waals surface area contributed by atoms with Gasteiger partial charge in [0, 0.05) is 4.90 Å². The number of nitrogens with one attached hydrogen (secondary N) is 1. The van der Waals surface area contributed by atoms with Crippen LogP contribution in [0.2, 0.25) is 15.1 Å². The largest absolute Gasteiger partial charge is 0.442 e. The monoisotopic (exact) mass is 393 g/mol. The minimum Gasteiger partial charge on any atom is -0.442 e. The lowest BCUT2D eigenvalue weighted by atomic mass is 10.2. The number of hydrogen-bond acceptors (Lipinski definition) is 4. The molecule has 0 aliphatic rings. The Labute approximate surface area is 152 Å². The van der Waals surface area contributed by atoms with Crippen molar-refractivity contribution < 1.29 is 9.53 Å². The predicted molar refractivity (Wildman–Crippen MR) is 92.6 cm³/mol. The smallest absolute Gasteiger partial charge is 0.404 e. The Bertz CT molecular complexity index is 734. The maximum atomic E-state index is 10.7. The van der Waals surface area contributed by atoms with E-state index in [0.717, 1.165) is 15.6 Å². The van der Waals surface area contributed by atoms with Crippen molar-refractivity contribution in [3.05, 3.63) is 38.7 Å². The number of aromatic nitrogens is 2. The number of halogens is 3. The lowest BCUT2D eigenvalue weighted by Crippen LogP contribution is -2.13. The molecule has 0 spiro atoms. The Kier molecular flexibility index (Phi) is 6.08. The summed E-state index contributed by atoms with van der Waals surface area (Å²) >= 11 is 19.6. The van der Waals surface area contributed by atoms with Gasteiger partial charge in [-0.1, -0.05) is 60.4 Å². The molecule has 9 heteroatoms. The van der Waals surface area contributed by atoms with Gasteiger partial charge in [0.25, 0.3) is 0 Å². The Hall–Kier alpha value is -1.08. The molecule has 0 bridgehead atoms. The molecule has 2 rings (SSSR count). The van der Waals surface area contributed by atoms with Crippen LogP contribution in [0.15, 0.2) is 22.1 Å². The van der Waals surface area contributed by atoms with E-state index in [-0.39, 0.29) is 12.5 Å². The average molecular weight is 395 g/mol. The zero-order valence-corrected chi connectivity index (χ0v) is 15.4. The highest BCUT2D eigenvalue weighted by Gasteiger charge is 2.18. The summed E-state index contributed by atoms with van der Waals surface area (Å²) in [5.41, 5.74) is 5.80. The van der Waals surface area contributed by atoms with Crippen LogP contribution in [0.5, 0.6) is 0 Å². The quantitative estimate of drug-likeness (QED) is 0.679. The lowest BCUT2D eigenvalue weighted by molar-refractivity contribution is 0.147. The van der Waals surface area contributed by atoms with Crippen molar-refractivity contribution in [1.82, 2.24) is 9.97 Å². The van der Waals surface area contributed by atoms with Gasteiger partial charge in [-0.15, -0.1) is 0 Å². The first-order chi connectivity index (χ1) is 10.8. The summed E-state index contributed by atoms with van der Waals surface area (Å²) in [6, 6.07) is 3.46. The molecule has 0 aliphatic carbocycles. The third kappa shape index (κ3) is 4.47. The third-order valence-corrected chi connectivity index (χ3v) is 5.34. The van der Waals surface area contributed by atoms with Gasteiger partial charge in [0.15, 0.2) is 6.61 Å². The third-order valence-electron chi connectivity index (χ3n) is 2.86. The molecule has 0 atom stereocenters. The van der Waals surface area contributed by atoms with E-state index in [4.69, 9.17) is 45.3 Å². The summed E-state index contributed by atoms with van der Waals surface area (Å²) in [5.74, 6) is 0.670. The predicted octanol–water partition coefficient (Wildman–Crippen LogP) is 5.24. The summed E-state index contributed by atoms with van der Waals surface area (Å²) in [5, 5.41) is 1.87. The van der Waals surface area contributed by atoms with Crippen LogP contribution in [0.1, 0.15) is 31.3 Å². The topological polar surface area (TPSA) is 81.0 Å². The zero-order valence-electron chi connectivity index (χ0n) is 12.3. The molecule has 0 saturated heterocycles. The number of amides is 1. The molecular formula is C14H14Cl3N3O2S. The van der Waals surface area contributed by atoms with E-state index in [1.54, 1.807) is 12.1 Å². The summed E-state index contributed by atoms with van der Waals surface area (Å²) < 4.78 is 4.76. The maximum Gasteiger partial charge on any atom is 0.404 e. The number of carbonyl (C=O) groups excluding carboxylic acids is 1. The van der Waals surface area contributed by atoms with Crippen molar-refractivity contribution in [3.63, 3.8) is 0 Å². The number of aromatic amines is 1. The zero-order chi connectivity index (χ0) is 17.1. The number of nitrogens with zero attached hydrogens (tertiary/aromatic N) is 1. The summed E-state index contributed by atoms with van der Waals surface area (Å²) in [7, 11) is 0. The summed E-state index contributed by atoms with van der Waals surface area (Å²) in [4.78, 5) is 19.0. The second-order valence-electron chi connectivity index (χ2n) is 4.94. The first-order valence-corrected chi connectivity index (χ1v) is 8.57. The van der Waals surface area contributed by atoms with Gasteiger partial charge < -0.3 is 15.5 Å². The maximum absolute atomic E-state index is 10.7. The number of nitrogens with two attached hydrogens (primary N) is 1. The highest BCUT2D eigenvalue weighted by atomic mass is 35.5. The van der Waals surface area contributed by atoms with Crippen molar-refractivity contribution in [2.45, 2.75) is 36.3 Å². The molecule has 0 saturated carbocycles. The van der Waals surface area contributed by atoms with Gasteiger partial charge in [0.1, 0.15) is 10.9 Å². The molecule has 3 N–H and O–H groups in total. The summed E-state index contributed by atoms with van der Waals surface area (Å²) in [6.07, 6.45) is -0.853. The SMILES string of the molecule is CC(C)c1nc(COC(N)=O)[nH]c1Sc1ccc(Cl)c(Cl)c1Cl. The second kappa shape index (κ2) is 7.66. The fourth-order valence-corrected chi connectivity index (χ4v) is 3.60. The van der Waals surface area contributed by atoms with Crippen LogP contribution >= 0.6 is 46.6 Å². The Morgan fingerprint density at radius 1 is 1.35 bits per heavy atom. The van der Waals surface area contributed by atoms with E-state index in [2.05, 4.69) is 9.97 Å². The molecule has 0 fully saturated rings. The second-order valence-corrected chi connectivity index (χ2v) is 7.15. The highest BCUT2D eigenvalue weighted by Crippen LogP contribution is 2.41. The fraction of sp³-hybridized carbons (Fsp3) is 0.286. The number of carbonyl (C=O) groups is 1. The number of imidazole rings is 1. The van der Waals surface area contributed by atoms with Crippen LogP contribution in [0.3, 0.4) is 0 Å². The van der Waals surface area contributed by atoms with Gasteiger partial charge in [0.2, 0.25) is 0 Å². The molecule has 0 unspecified atom stereocenters. The van der Waals surface area contributed by atoms with Crippen molar-refractivity contribution in [1.29, 1.82) is 0 Å². The minimum atomic E-state index is -0.853. The molecule has 1 heterocycles. The van der Waals surface area contributed by atoms with Crippen LogP contribution in [0, 0.1) is 0 Å². The number of H-pyrrole nitrogens is 1. The van der Waals surface area contributed by atoms with E-state index in [9.17, 15) is 4.79 Å². The Morgan fingerprint density at radius 3 is 2.65 bits per heavy atom. The Balaban J connectivity index is 2.31. The van der Waals surface area contributed by atoms with Crippen LogP contribution in [-0.4, -0.2) is 16.1 Å². The standard InChI is InChI=1S/C14H14Cl3N3O2S/c1-6(2)12-13(20-9(19-12)5-22-14(18)21)23-8-4-3-7(15)10(16)11(8)17/h3-4,6H,5H2,1-2H3,(H2,18,21)(H,19,20). The van der Waals surface area contributed by atoms with Crippen LogP contribution in [0.25, 0.3) is 0 Å². The van der Waals surface area contributed by atoms with Gasteiger partial charge in [0.05, 0.1) is 20.8 Å². The average Bonchev–Trinajstić information content (AvgIpc) is 2.89.